The molecule has 1 aromatic carbocycles. The van der Waals surface area contributed by atoms with Crippen molar-refractivity contribution in [3.8, 4) is 11.5 Å². The number of nitrogens with zero attached hydrogens (tertiary/aromatic N) is 2. The van der Waals surface area contributed by atoms with Crippen LogP contribution in [0.25, 0.3) is 11.5 Å². The lowest BCUT2D eigenvalue weighted by molar-refractivity contribution is 0.552. The minimum Gasteiger partial charge on any atom is -0.409 e. The van der Waals surface area contributed by atoms with Gasteiger partial charge < -0.3 is 9.73 Å². The normalized spacial score (nSPS) is 10.5. The zero-order valence-electron chi connectivity index (χ0n) is 9.34. The van der Waals surface area contributed by atoms with Gasteiger partial charge in [-0.05, 0) is 42.6 Å². The molecular weight excluding hydrogens is 302 g/mol. The maximum absolute atomic E-state index is 5.26. The summed E-state index contributed by atoms with van der Waals surface area (Å²) in [6, 6.07) is 7.57. The van der Waals surface area contributed by atoms with Crippen LogP contribution in [0.4, 0.5) is 10.8 Å². The van der Waals surface area contributed by atoms with Gasteiger partial charge in [-0.25, -0.2) is 5.10 Å². The molecule has 6 nitrogen and oxygen atoms in total. The lowest BCUT2D eigenvalue weighted by Crippen LogP contribution is -1.90. The van der Waals surface area contributed by atoms with Gasteiger partial charge in [0.1, 0.15) is 0 Å². The Kier molecular flexibility index (Phi) is 3.23. The largest absolute Gasteiger partial charge is 0.409 e. The molecule has 0 aliphatic rings. The van der Waals surface area contributed by atoms with Crippen LogP contribution >= 0.6 is 35.8 Å². The van der Waals surface area contributed by atoms with E-state index in [0.29, 0.717) is 15.0 Å². The van der Waals surface area contributed by atoms with E-state index >= 15 is 0 Å². The minimum atomic E-state index is 0.249. The summed E-state index contributed by atoms with van der Waals surface area (Å²) in [5.74, 6) is 0.448. The first-order valence-corrected chi connectivity index (χ1v) is 6.82. The number of hydrogen-bond acceptors (Lipinski definition) is 7. The predicted octanol–water partition coefficient (Wildman–Crippen LogP) is 3.66. The number of aromatic nitrogens is 4. The van der Waals surface area contributed by atoms with Crippen LogP contribution in [0, 0.1) is 8.79 Å². The number of rotatable bonds is 3. The molecule has 3 aromatic rings. The first-order valence-electron chi connectivity index (χ1n) is 5.19. The molecule has 9 heteroatoms. The highest BCUT2D eigenvalue weighted by Gasteiger charge is 2.05. The number of hydrogen-bond donors (Lipinski definition) is 3. The van der Waals surface area contributed by atoms with Crippen LogP contribution < -0.4 is 5.32 Å². The molecule has 0 unspecified atom stereocenters. The topological polar surface area (TPSA) is 82.5 Å². The molecule has 2 aromatic heterocycles. The average Bonchev–Trinajstić information content (AvgIpc) is 2.99. The smallest absolute Gasteiger partial charge is 0.284 e. The number of benzene rings is 1. The molecule has 0 radical (unpaired) electrons. The summed E-state index contributed by atoms with van der Waals surface area (Å²) >= 11 is 11.2. The van der Waals surface area contributed by atoms with E-state index < -0.39 is 0 Å². The van der Waals surface area contributed by atoms with E-state index in [4.69, 9.17) is 28.9 Å². The second-order valence-corrected chi connectivity index (χ2v) is 5.58. The van der Waals surface area contributed by atoms with Crippen LogP contribution in [0.5, 0.6) is 0 Å². The van der Waals surface area contributed by atoms with Crippen molar-refractivity contribution in [2.75, 3.05) is 5.32 Å². The maximum Gasteiger partial charge on any atom is 0.284 e. The van der Waals surface area contributed by atoms with Gasteiger partial charge in [0.2, 0.25) is 11.0 Å². The highest BCUT2D eigenvalue weighted by molar-refractivity contribution is 7.73. The number of nitrogens with one attached hydrogen (secondary N) is 3. The average molecular weight is 309 g/mol. The SMILES string of the molecule is S=c1[nH]nc(-c2cccc(Nc3n[nH]c(=S)s3)c2)o1. The van der Waals surface area contributed by atoms with Crippen molar-refractivity contribution in [1.82, 2.24) is 20.4 Å². The van der Waals surface area contributed by atoms with E-state index in [1.54, 1.807) is 0 Å². The van der Waals surface area contributed by atoms with Crippen LogP contribution in [-0.4, -0.2) is 20.4 Å². The summed E-state index contributed by atoms with van der Waals surface area (Å²) in [5.41, 5.74) is 1.68. The molecule has 0 fully saturated rings. The van der Waals surface area contributed by atoms with Crippen molar-refractivity contribution in [1.29, 1.82) is 0 Å². The van der Waals surface area contributed by atoms with Gasteiger partial charge in [0.25, 0.3) is 4.84 Å². The highest BCUT2D eigenvalue weighted by atomic mass is 32.1. The molecule has 0 aliphatic heterocycles. The molecule has 3 rings (SSSR count). The quantitative estimate of drug-likeness (QED) is 0.641. The van der Waals surface area contributed by atoms with Crippen molar-refractivity contribution >= 4 is 46.6 Å². The van der Waals surface area contributed by atoms with Gasteiger partial charge in [0.05, 0.1) is 0 Å². The van der Waals surface area contributed by atoms with E-state index in [0.717, 1.165) is 11.3 Å². The lowest BCUT2D eigenvalue weighted by Gasteiger charge is -2.02. The lowest BCUT2D eigenvalue weighted by atomic mass is 10.2. The summed E-state index contributed by atoms with van der Waals surface area (Å²) < 4.78 is 5.89. The third-order valence-electron chi connectivity index (χ3n) is 2.24. The van der Waals surface area contributed by atoms with Crippen LogP contribution in [0.3, 0.4) is 0 Å². The zero-order valence-corrected chi connectivity index (χ0v) is 11.8. The number of aromatic amines is 2. The molecule has 0 bridgehead atoms. The fourth-order valence-electron chi connectivity index (χ4n) is 1.49. The van der Waals surface area contributed by atoms with Gasteiger partial charge in [-0.15, -0.1) is 10.2 Å². The highest BCUT2D eigenvalue weighted by Crippen LogP contribution is 2.24. The third-order valence-corrected chi connectivity index (χ3v) is 3.42. The van der Waals surface area contributed by atoms with E-state index in [1.165, 1.54) is 11.3 Å². The van der Waals surface area contributed by atoms with Gasteiger partial charge in [-0.2, -0.15) is 0 Å². The summed E-state index contributed by atoms with van der Waals surface area (Å²) in [7, 11) is 0. The Hall–Kier alpha value is -1.84. The summed E-state index contributed by atoms with van der Waals surface area (Å²) in [6.07, 6.45) is 0. The molecular formula is C10H7N5OS3. The first-order chi connectivity index (χ1) is 9.20. The van der Waals surface area contributed by atoms with E-state index in [1.807, 2.05) is 24.3 Å². The van der Waals surface area contributed by atoms with Gasteiger partial charge in [-0.3, -0.25) is 5.10 Å². The Morgan fingerprint density at radius 1 is 1.21 bits per heavy atom. The van der Waals surface area contributed by atoms with Crippen LogP contribution in [0.1, 0.15) is 0 Å². The maximum atomic E-state index is 5.26. The first kappa shape index (κ1) is 12.2. The Labute approximate surface area is 121 Å². The second-order valence-electron chi connectivity index (χ2n) is 3.54. The van der Waals surface area contributed by atoms with Crippen LogP contribution in [0.15, 0.2) is 28.7 Å². The summed E-state index contributed by atoms with van der Waals surface area (Å²) in [4.78, 5) is 0.249. The predicted molar refractivity (Wildman–Crippen MR) is 77.7 cm³/mol. The number of H-pyrrole nitrogens is 2. The Morgan fingerprint density at radius 3 is 2.79 bits per heavy atom. The standard InChI is InChI=1S/C10H7N5OS3/c17-9-14-12-7(16-9)5-2-1-3-6(4-5)11-8-13-15-10(18)19-8/h1-4H,(H,11,13)(H,14,17)(H,15,18). The van der Waals surface area contributed by atoms with Crippen molar-refractivity contribution in [3.63, 3.8) is 0 Å². The van der Waals surface area contributed by atoms with Crippen molar-refractivity contribution in [2.45, 2.75) is 0 Å². The second kappa shape index (κ2) is 5.03. The zero-order chi connectivity index (χ0) is 13.2. The molecule has 2 heterocycles. The van der Waals surface area contributed by atoms with Crippen LogP contribution in [0.2, 0.25) is 0 Å². The van der Waals surface area contributed by atoms with Gasteiger partial charge in [-0.1, -0.05) is 17.4 Å². The molecule has 0 atom stereocenters. The molecule has 0 aliphatic carbocycles. The molecule has 3 N–H and O–H groups in total. The van der Waals surface area contributed by atoms with Crippen LogP contribution in [-0.2, 0) is 0 Å². The van der Waals surface area contributed by atoms with Crippen molar-refractivity contribution in [3.05, 3.63) is 33.1 Å². The minimum absolute atomic E-state index is 0.249. The summed E-state index contributed by atoms with van der Waals surface area (Å²) in [5, 5.41) is 17.2. The molecule has 0 spiro atoms. The van der Waals surface area contributed by atoms with Gasteiger partial charge >= 0.3 is 0 Å². The molecule has 0 saturated heterocycles. The van der Waals surface area contributed by atoms with Crippen molar-refractivity contribution < 1.29 is 4.42 Å². The van der Waals surface area contributed by atoms with Gasteiger partial charge in [0, 0.05) is 11.3 Å². The van der Waals surface area contributed by atoms with E-state index in [-0.39, 0.29) is 4.84 Å². The Bertz CT molecular complexity index is 814. The van der Waals surface area contributed by atoms with Gasteiger partial charge in [0.15, 0.2) is 3.95 Å². The molecule has 96 valence electrons. The molecule has 19 heavy (non-hydrogen) atoms. The number of anilines is 2. The Balaban J connectivity index is 1.91. The molecule has 0 amide bonds. The van der Waals surface area contributed by atoms with Crippen molar-refractivity contribution in [2.24, 2.45) is 0 Å². The Morgan fingerprint density at radius 2 is 2.11 bits per heavy atom. The molecule has 0 saturated carbocycles. The van der Waals surface area contributed by atoms with E-state index in [9.17, 15) is 0 Å². The monoisotopic (exact) mass is 309 g/mol. The van der Waals surface area contributed by atoms with E-state index in [2.05, 4.69) is 25.7 Å². The fraction of sp³-hybridized carbons (Fsp3) is 0. The third kappa shape index (κ3) is 2.78. The summed E-state index contributed by atoms with van der Waals surface area (Å²) in [6.45, 7) is 0. The fourth-order valence-corrected chi connectivity index (χ4v) is 2.42.